The van der Waals surface area contributed by atoms with Crippen LogP contribution >= 0.6 is 0 Å². The first-order valence-electron chi connectivity index (χ1n) is 6.64. The number of carboxylic acids is 1. The van der Waals surface area contributed by atoms with Gasteiger partial charge in [0.15, 0.2) is 0 Å². The Labute approximate surface area is 113 Å². The zero-order chi connectivity index (χ0) is 14.0. The molecule has 0 bridgehead atoms. The second-order valence-corrected chi connectivity index (χ2v) is 5.19. The molecule has 1 aromatic rings. The standard InChI is InChI=1S/C14H20N2O3/c1-9-11(12(19-3)16-10(2)15-9)14(13(17)18)7-5-4-6-8-14/h4-8H2,1-3H3,(H,17,18). The SMILES string of the molecule is COc1nc(C)nc(C)c1C1(C(=O)O)CCCCC1. The number of aliphatic carboxylic acids is 1. The van der Waals surface area contributed by atoms with Crippen LogP contribution in [-0.4, -0.2) is 28.2 Å². The molecule has 1 heterocycles. The van der Waals surface area contributed by atoms with Crippen LogP contribution < -0.4 is 4.74 Å². The molecule has 1 aliphatic rings. The number of hydrogen-bond donors (Lipinski definition) is 1. The fourth-order valence-corrected chi connectivity index (χ4v) is 3.11. The minimum Gasteiger partial charge on any atom is -0.481 e. The van der Waals surface area contributed by atoms with Gasteiger partial charge in [-0.1, -0.05) is 19.3 Å². The largest absolute Gasteiger partial charge is 0.481 e. The average Bonchev–Trinajstić information content (AvgIpc) is 2.38. The Morgan fingerprint density at radius 3 is 2.37 bits per heavy atom. The third-order valence-electron chi connectivity index (χ3n) is 3.96. The van der Waals surface area contributed by atoms with Gasteiger partial charge in [0, 0.05) is 5.69 Å². The lowest BCUT2D eigenvalue weighted by molar-refractivity contribution is -0.145. The summed E-state index contributed by atoms with van der Waals surface area (Å²) in [4.78, 5) is 20.5. The van der Waals surface area contributed by atoms with Crippen molar-refractivity contribution >= 4 is 5.97 Å². The molecule has 1 aromatic heterocycles. The number of carboxylic acid groups (broad SMARTS) is 1. The molecule has 0 aromatic carbocycles. The third kappa shape index (κ3) is 2.29. The maximum atomic E-state index is 11.9. The van der Waals surface area contributed by atoms with E-state index in [1.165, 1.54) is 7.11 Å². The van der Waals surface area contributed by atoms with Crippen LogP contribution in [0.4, 0.5) is 0 Å². The number of aromatic nitrogens is 2. The summed E-state index contributed by atoms with van der Waals surface area (Å²) in [6, 6.07) is 0. The molecule has 1 saturated carbocycles. The number of methoxy groups -OCH3 is 1. The minimum atomic E-state index is -0.888. The molecule has 19 heavy (non-hydrogen) atoms. The van der Waals surface area contributed by atoms with E-state index in [9.17, 15) is 9.90 Å². The quantitative estimate of drug-likeness (QED) is 0.907. The minimum absolute atomic E-state index is 0.411. The Kier molecular flexibility index (Phi) is 3.73. The maximum Gasteiger partial charge on any atom is 0.314 e. The number of hydrogen-bond acceptors (Lipinski definition) is 4. The van der Waals surface area contributed by atoms with Crippen LogP contribution in [0, 0.1) is 13.8 Å². The van der Waals surface area contributed by atoms with E-state index in [0.717, 1.165) is 19.3 Å². The summed E-state index contributed by atoms with van der Waals surface area (Å²) >= 11 is 0. The maximum absolute atomic E-state index is 11.9. The Balaban J connectivity index is 2.62. The van der Waals surface area contributed by atoms with E-state index in [1.807, 2.05) is 6.92 Å². The van der Waals surface area contributed by atoms with Gasteiger partial charge >= 0.3 is 5.97 Å². The molecule has 1 N–H and O–H groups in total. The number of ether oxygens (including phenoxy) is 1. The van der Waals surface area contributed by atoms with Gasteiger partial charge in [0.25, 0.3) is 0 Å². The van der Waals surface area contributed by atoms with Crippen molar-refractivity contribution in [2.45, 2.75) is 51.4 Å². The van der Waals surface area contributed by atoms with Crippen LogP contribution in [0.25, 0.3) is 0 Å². The van der Waals surface area contributed by atoms with Crippen LogP contribution in [-0.2, 0) is 10.2 Å². The van der Waals surface area contributed by atoms with E-state index in [2.05, 4.69) is 9.97 Å². The third-order valence-corrected chi connectivity index (χ3v) is 3.96. The fraction of sp³-hybridized carbons (Fsp3) is 0.643. The highest BCUT2D eigenvalue weighted by molar-refractivity contribution is 5.82. The van der Waals surface area contributed by atoms with Crippen molar-refractivity contribution in [3.63, 3.8) is 0 Å². The summed E-state index contributed by atoms with van der Waals surface area (Å²) in [6.07, 6.45) is 4.19. The molecular formula is C14H20N2O3. The highest BCUT2D eigenvalue weighted by Gasteiger charge is 2.45. The van der Waals surface area contributed by atoms with E-state index < -0.39 is 11.4 Å². The number of rotatable bonds is 3. The molecule has 0 atom stereocenters. The van der Waals surface area contributed by atoms with Gasteiger partial charge in [0.2, 0.25) is 5.88 Å². The van der Waals surface area contributed by atoms with Crippen molar-refractivity contribution in [3.8, 4) is 5.88 Å². The molecule has 2 rings (SSSR count). The van der Waals surface area contributed by atoms with Crippen molar-refractivity contribution in [3.05, 3.63) is 17.1 Å². The molecular weight excluding hydrogens is 244 g/mol. The van der Waals surface area contributed by atoms with Gasteiger partial charge < -0.3 is 9.84 Å². The van der Waals surface area contributed by atoms with E-state index in [0.29, 0.717) is 35.8 Å². The van der Waals surface area contributed by atoms with Crippen molar-refractivity contribution in [2.75, 3.05) is 7.11 Å². The molecule has 0 spiro atoms. The lowest BCUT2D eigenvalue weighted by Gasteiger charge is -2.34. The monoisotopic (exact) mass is 264 g/mol. The van der Waals surface area contributed by atoms with Gasteiger partial charge in [-0.05, 0) is 26.7 Å². The van der Waals surface area contributed by atoms with Gasteiger partial charge in [-0.3, -0.25) is 4.79 Å². The highest BCUT2D eigenvalue weighted by atomic mass is 16.5. The summed E-state index contributed by atoms with van der Waals surface area (Å²) < 4.78 is 5.32. The molecule has 1 fully saturated rings. The molecule has 0 radical (unpaired) electrons. The van der Waals surface area contributed by atoms with Crippen molar-refractivity contribution in [1.29, 1.82) is 0 Å². The van der Waals surface area contributed by atoms with Crippen molar-refractivity contribution in [2.24, 2.45) is 0 Å². The predicted molar refractivity (Wildman–Crippen MR) is 70.5 cm³/mol. The average molecular weight is 264 g/mol. The first kappa shape index (κ1) is 13.8. The van der Waals surface area contributed by atoms with Crippen molar-refractivity contribution in [1.82, 2.24) is 9.97 Å². The van der Waals surface area contributed by atoms with E-state index in [4.69, 9.17) is 4.74 Å². The molecule has 0 saturated heterocycles. The van der Waals surface area contributed by atoms with Crippen LogP contribution in [0.1, 0.15) is 49.2 Å². The molecule has 104 valence electrons. The molecule has 0 unspecified atom stereocenters. The lowest BCUT2D eigenvalue weighted by Crippen LogP contribution is -2.39. The highest BCUT2D eigenvalue weighted by Crippen LogP contribution is 2.44. The first-order valence-corrected chi connectivity index (χ1v) is 6.64. The fourth-order valence-electron chi connectivity index (χ4n) is 3.11. The molecule has 5 nitrogen and oxygen atoms in total. The Bertz CT molecular complexity index is 494. The lowest BCUT2D eigenvalue weighted by atomic mass is 9.69. The molecule has 1 aliphatic carbocycles. The predicted octanol–water partition coefficient (Wildman–Crippen LogP) is 2.39. The van der Waals surface area contributed by atoms with Gasteiger partial charge in [-0.2, -0.15) is 4.98 Å². The van der Waals surface area contributed by atoms with Crippen LogP contribution in [0.3, 0.4) is 0 Å². The van der Waals surface area contributed by atoms with E-state index in [-0.39, 0.29) is 0 Å². The van der Waals surface area contributed by atoms with Gasteiger partial charge in [-0.15, -0.1) is 0 Å². The number of nitrogens with zero attached hydrogens (tertiary/aromatic N) is 2. The second-order valence-electron chi connectivity index (χ2n) is 5.19. The summed E-state index contributed by atoms with van der Waals surface area (Å²) in [6.45, 7) is 3.62. The van der Waals surface area contributed by atoms with Gasteiger partial charge in [-0.25, -0.2) is 4.98 Å². The van der Waals surface area contributed by atoms with E-state index >= 15 is 0 Å². The van der Waals surface area contributed by atoms with Gasteiger partial charge in [0.05, 0.1) is 18.1 Å². The number of carbonyl (C=O) groups is 1. The second kappa shape index (κ2) is 5.15. The van der Waals surface area contributed by atoms with Crippen LogP contribution in [0.15, 0.2) is 0 Å². The molecule has 5 heteroatoms. The molecule has 0 aliphatic heterocycles. The Morgan fingerprint density at radius 2 is 1.84 bits per heavy atom. The van der Waals surface area contributed by atoms with Crippen molar-refractivity contribution < 1.29 is 14.6 Å². The summed E-state index contributed by atoms with van der Waals surface area (Å²) in [7, 11) is 1.53. The Morgan fingerprint density at radius 1 is 1.21 bits per heavy atom. The normalized spacial score (nSPS) is 18.1. The molecule has 0 amide bonds. The zero-order valence-corrected chi connectivity index (χ0v) is 11.7. The Hall–Kier alpha value is -1.65. The first-order chi connectivity index (χ1) is 9.01. The van der Waals surface area contributed by atoms with Crippen LogP contribution in [0.2, 0.25) is 0 Å². The number of aryl methyl sites for hydroxylation is 2. The topological polar surface area (TPSA) is 72.3 Å². The van der Waals surface area contributed by atoms with Crippen LogP contribution in [0.5, 0.6) is 5.88 Å². The zero-order valence-electron chi connectivity index (χ0n) is 11.7. The summed E-state index contributed by atoms with van der Waals surface area (Å²) in [5.74, 6) is 0.227. The smallest absolute Gasteiger partial charge is 0.314 e. The van der Waals surface area contributed by atoms with Gasteiger partial charge in [0.1, 0.15) is 5.82 Å². The summed E-state index contributed by atoms with van der Waals surface area (Å²) in [5, 5.41) is 9.74. The summed E-state index contributed by atoms with van der Waals surface area (Å²) in [5.41, 5.74) is 0.489. The van der Waals surface area contributed by atoms with E-state index in [1.54, 1.807) is 6.92 Å².